The molecule has 0 fully saturated rings. The van der Waals surface area contributed by atoms with Crippen LogP contribution in [0.5, 0.6) is 0 Å². The molecule has 1 unspecified atom stereocenters. The van der Waals surface area contributed by atoms with Gasteiger partial charge in [0.05, 0.1) is 4.90 Å². The fourth-order valence-corrected chi connectivity index (χ4v) is 3.07. The standard InChI is InChI=1S/C16H27NO2S/c1-4-5-6-7-8-12-16(17-2)14-10-9-11-15(13-14)20(3,18)19/h9-11,13,16-17H,4-8,12H2,1-3H3. The molecular weight excluding hydrogens is 270 g/mol. The van der Waals surface area contributed by atoms with E-state index in [2.05, 4.69) is 12.2 Å². The Morgan fingerprint density at radius 3 is 2.45 bits per heavy atom. The minimum atomic E-state index is -3.13. The normalized spacial score (nSPS) is 13.3. The Labute approximate surface area is 123 Å². The van der Waals surface area contributed by atoms with Gasteiger partial charge in [0.1, 0.15) is 0 Å². The largest absolute Gasteiger partial charge is 0.313 e. The first-order chi connectivity index (χ1) is 9.49. The molecule has 0 spiro atoms. The van der Waals surface area contributed by atoms with Crippen LogP contribution in [0, 0.1) is 0 Å². The lowest BCUT2D eigenvalue weighted by molar-refractivity contribution is 0.500. The van der Waals surface area contributed by atoms with E-state index in [9.17, 15) is 8.42 Å². The predicted molar refractivity (Wildman–Crippen MR) is 84.7 cm³/mol. The number of nitrogens with one attached hydrogen (secondary N) is 1. The third-order valence-corrected chi connectivity index (χ3v) is 4.74. The molecule has 0 aliphatic heterocycles. The Morgan fingerprint density at radius 1 is 1.15 bits per heavy atom. The van der Waals surface area contributed by atoms with Gasteiger partial charge in [0.2, 0.25) is 0 Å². The SMILES string of the molecule is CCCCCCCC(NC)c1cccc(S(C)(=O)=O)c1. The van der Waals surface area contributed by atoms with E-state index in [0.717, 1.165) is 12.0 Å². The van der Waals surface area contributed by atoms with Crippen LogP contribution in [0.15, 0.2) is 29.2 Å². The summed E-state index contributed by atoms with van der Waals surface area (Å²) in [6.07, 6.45) is 8.57. The Hall–Kier alpha value is -0.870. The number of unbranched alkanes of at least 4 members (excludes halogenated alkanes) is 4. The minimum Gasteiger partial charge on any atom is -0.313 e. The van der Waals surface area contributed by atoms with Crippen molar-refractivity contribution in [2.75, 3.05) is 13.3 Å². The first-order valence-electron chi connectivity index (χ1n) is 7.46. The molecule has 4 heteroatoms. The highest BCUT2D eigenvalue weighted by atomic mass is 32.2. The molecule has 0 aliphatic rings. The van der Waals surface area contributed by atoms with Crippen LogP contribution in [0.3, 0.4) is 0 Å². The molecule has 114 valence electrons. The second-order valence-electron chi connectivity index (χ2n) is 5.39. The lowest BCUT2D eigenvalue weighted by Crippen LogP contribution is -2.16. The lowest BCUT2D eigenvalue weighted by Gasteiger charge is -2.17. The smallest absolute Gasteiger partial charge is 0.175 e. The fourth-order valence-electron chi connectivity index (χ4n) is 2.39. The average molecular weight is 297 g/mol. The summed E-state index contributed by atoms with van der Waals surface area (Å²) in [4.78, 5) is 0.404. The van der Waals surface area contributed by atoms with Crippen LogP contribution in [0.25, 0.3) is 0 Å². The Morgan fingerprint density at radius 2 is 1.85 bits per heavy atom. The van der Waals surface area contributed by atoms with Gasteiger partial charge in [0, 0.05) is 12.3 Å². The van der Waals surface area contributed by atoms with Crippen molar-refractivity contribution in [3.63, 3.8) is 0 Å². The average Bonchev–Trinajstić information content (AvgIpc) is 2.42. The van der Waals surface area contributed by atoms with E-state index in [1.807, 2.05) is 19.2 Å². The molecule has 0 bridgehead atoms. The van der Waals surface area contributed by atoms with Gasteiger partial charge in [0.25, 0.3) is 0 Å². The van der Waals surface area contributed by atoms with Crippen LogP contribution in [0.2, 0.25) is 0 Å². The van der Waals surface area contributed by atoms with Crippen molar-refractivity contribution in [1.82, 2.24) is 5.32 Å². The van der Waals surface area contributed by atoms with Gasteiger partial charge >= 0.3 is 0 Å². The third-order valence-electron chi connectivity index (χ3n) is 3.63. The van der Waals surface area contributed by atoms with E-state index in [0.29, 0.717) is 4.90 Å². The van der Waals surface area contributed by atoms with Crippen LogP contribution in [-0.2, 0) is 9.84 Å². The second-order valence-corrected chi connectivity index (χ2v) is 7.40. The summed E-state index contributed by atoms with van der Waals surface area (Å²) in [6.45, 7) is 2.22. The molecule has 0 heterocycles. The predicted octanol–water partition coefficient (Wildman–Crippen LogP) is 3.71. The number of rotatable bonds is 9. The maximum atomic E-state index is 11.6. The van der Waals surface area contributed by atoms with Gasteiger partial charge in [-0.15, -0.1) is 0 Å². The summed E-state index contributed by atoms with van der Waals surface area (Å²) in [5, 5.41) is 3.29. The molecule has 1 aromatic carbocycles. The zero-order valence-corrected chi connectivity index (χ0v) is 13.7. The van der Waals surface area contributed by atoms with Crippen molar-refractivity contribution in [1.29, 1.82) is 0 Å². The van der Waals surface area contributed by atoms with Gasteiger partial charge in [-0.25, -0.2) is 8.42 Å². The van der Waals surface area contributed by atoms with Crippen LogP contribution in [-0.4, -0.2) is 21.7 Å². The Kier molecular flexibility index (Phi) is 7.24. The Bertz CT molecular complexity index is 497. The van der Waals surface area contributed by atoms with E-state index < -0.39 is 9.84 Å². The van der Waals surface area contributed by atoms with Gasteiger partial charge in [-0.2, -0.15) is 0 Å². The van der Waals surface area contributed by atoms with Crippen molar-refractivity contribution in [3.05, 3.63) is 29.8 Å². The summed E-state index contributed by atoms with van der Waals surface area (Å²) in [5.41, 5.74) is 1.06. The molecule has 0 amide bonds. The highest BCUT2D eigenvalue weighted by Gasteiger charge is 2.12. The molecular formula is C16H27NO2S. The molecule has 0 saturated heterocycles. The molecule has 0 saturated carbocycles. The van der Waals surface area contributed by atoms with Crippen molar-refractivity contribution in [2.24, 2.45) is 0 Å². The van der Waals surface area contributed by atoms with E-state index in [1.165, 1.54) is 38.4 Å². The van der Waals surface area contributed by atoms with Crippen molar-refractivity contribution in [3.8, 4) is 0 Å². The minimum absolute atomic E-state index is 0.235. The van der Waals surface area contributed by atoms with E-state index in [1.54, 1.807) is 12.1 Å². The van der Waals surface area contributed by atoms with Gasteiger partial charge in [-0.1, -0.05) is 51.2 Å². The van der Waals surface area contributed by atoms with E-state index >= 15 is 0 Å². The van der Waals surface area contributed by atoms with Gasteiger partial charge in [0.15, 0.2) is 9.84 Å². The van der Waals surface area contributed by atoms with Gasteiger partial charge in [-0.05, 0) is 31.2 Å². The highest BCUT2D eigenvalue weighted by molar-refractivity contribution is 7.90. The first-order valence-corrected chi connectivity index (χ1v) is 9.35. The maximum absolute atomic E-state index is 11.6. The second kappa shape index (κ2) is 8.42. The van der Waals surface area contributed by atoms with Crippen molar-refractivity contribution in [2.45, 2.75) is 56.4 Å². The quantitative estimate of drug-likeness (QED) is 0.707. The highest BCUT2D eigenvalue weighted by Crippen LogP contribution is 2.22. The number of sulfone groups is 1. The van der Waals surface area contributed by atoms with E-state index in [4.69, 9.17) is 0 Å². The van der Waals surface area contributed by atoms with Crippen LogP contribution in [0.1, 0.15) is 57.1 Å². The topological polar surface area (TPSA) is 46.2 Å². The molecule has 1 aromatic rings. The Balaban J connectivity index is 2.65. The molecule has 1 N–H and O–H groups in total. The number of hydrogen-bond acceptors (Lipinski definition) is 3. The zero-order chi connectivity index (χ0) is 15.0. The lowest BCUT2D eigenvalue weighted by atomic mass is 10.00. The van der Waals surface area contributed by atoms with Crippen LogP contribution in [0.4, 0.5) is 0 Å². The van der Waals surface area contributed by atoms with Crippen molar-refractivity contribution >= 4 is 9.84 Å². The molecule has 0 aliphatic carbocycles. The molecule has 1 rings (SSSR count). The summed E-state index contributed by atoms with van der Waals surface area (Å²) in [6, 6.07) is 7.52. The number of benzene rings is 1. The van der Waals surface area contributed by atoms with Crippen molar-refractivity contribution < 1.29 is 8.42 Å². The van der Waals surface area contributed by atoms with E-state index in [-0.39, 0.29) is 6.04 Å². The first kappa shape index (κ1) is 17.2. The third kappa shape index (κ3) is 5.63. The molecule has 0 aromatic heterocycles. The monoisotopic (exact) mass is 297 g/mol. The molecule has 0 radical (unpaired) electrons. The van der Waals surface area contributed by atoms with Crippen LogP contribution >= 0.6 is 0 Å². The summed E-state index contributed by atoms with van der Waals surface area (Å²) >= 11 is 0. The van der Waals surface area contributed by atoms with Gasteiger partial charge in [-0.3, -0.25) is 0 Å². The van der Waals surface area contributed by atoms with Gasteiger partial charge < -0.3 is 5.32 Å². The fraction of sp³-hybridized carbons (Fsp3) is 0.625. The molecule has 20 heavy (non-hydrogen) atoms. The number of hydrogen-bond donors (Lipinski definition) is 1. The summed E-state index contributed by atoms with van der Waals surface area (Å²) in [5.74, 6) is 0. The molecule has 1 atom stereocenters. The van der Waals surface area contributed by atoms with Crippen LogP contribution < -0.4 is 5.32 Å². The zero-order valence-electron chi connectivity index (χ0n) is 12.9. The molecule has 3 nitrogen and oxygen atoms in total. The summed E-state index contributed by atoms with van der Waals surface area (Å²) < 4.78 is 23.2. The maximum Gasteiger partial charge on any atom is 0.175 e. The summed E-state index contributed by atoms with van der Waals surface area (Å²) in [7, 11) is -1.19.